The molecule has 0 saturated heterocycles. The molecule has 2 aromatic heterocycles. The molecule has 0 amide bonds. The van der Waals surface area contributed by atoms with Gasteiger partial charge in [0.25, 0.3) is 0 Å². The van der Waals surface area contributed by atoms with Gasteiger partial charge in [0.2, 0.25) is 10.0 Å². The highest BCUT2D eigenvalue weighted by atomic mass is 35.5. The second kappa shape index (κ2) is 8.12. The number of rotatable bonds is 5. The molecular formula is C22H16ClFN4O2S. The van der Waals surface area contributed by atoms with Crippen LogP contribution < -0.4 is 4.72 Å². The van der Waals surface area contributed by atoms with Crippen molar-refractivity contribution in [3.63, 3.8) is 0 Å². The Bertz CT molecular complexity index is 1440. The van der Waals surface area contributed by atoms with Gasteiger partial charge in [-0.1, -0.05) is 11.6 Å². The van der Waals surface area contributed by atoms with E-state index < -0.39 is 15.8 Å². The van der Waals surface area contributed by atoms with Crippen molar-refractivity contribution in [3.05, 3.63) is 82.9 Å². The van der Waals surface area contributed by atoms with E-state index in [2.05, 4.69) is 15.8 Å². The number of sulfonamides is 1. The van der Waals surface area contributed by atoms with E-state index in [1.807, 2.05) is 11.6 Å². The normalized spacial score (nSPS) is 11.5. The second-order valence-electron chi connectivity index (χ2n) is 6.92. The van der Waals surface area contributed by atoms with Gasteiger partial charge in [0.1, 0.15) is 11.9 Å². The minimum absolute atomic E-state index is 0.0157. The third-order valence-electron chi connectivity index (χ3n) is 4.93. The summed E-state index contributed by atoms with van der Waals surface area (Å²) in [5, 5.41) is 11.1. The molecule has 0 aliphatic heterocycles. The SMILES string of the molecule is Cn1c(-c2cncc(CNS(=O)(=O)c3ccc(F)cc3)c2)c(C#N)c2ccc(Cl)cc21. The number of nitrogens with one attached hydrogen (secondary N) is 1. The van der Waals surface area contributed by atoms with Crippen LogP contribution in [0.5, 0.6) is 0 Å². The van der Waals surface area contributed by atoms with Crippen LogP contribution in [-0.2, 0) is 23.6 Å². The van der Waals surface area contributed by atoms with Crippen molar-refractivity contribution in [2.24, 2.45) is 7.05 Å². The molecule has 0 atom stereocenters. The van der Waals surface area contributed by atoms with Gasteiger partial charge < -0.3 is 4.57 Å². The van der Waals surface area contributed by atoms with Crippen molar-refractivity contribution in [1.29, 1.82) is 5.26 Å². The van der Waals surface area contributed by atoms with Crippen molar-refractivity contribution >= 4 is 32.5 Å². The molecule has 4 rings (SSSR count). The number of hydrogen-bond acceptors (Lipinski definition) is 4. The van der Waals surface area contributed by atoms with Crippen molar-refractivity contribution < 1.29 is 12.8 Å². The largest absolute Gasteiger partial charge is 0.342 e. The van der Waals surface area contributed by atoms with Crippen molar-refractivity contribution in [2.45, 2.75) is 11.4 Å². The first-order valence-electron chi connectivity index (χ1n) is 9.18. The quantitative estimate of drug-likeness (QED) is 0.484. The third kappa shape index (κ3) is 4.03. The van der Waals surface area contributed by atoms with Gasteiger partial charge in [-0.15, -0.1) is 0 Å². The Hall–Kier alpha value is -3.25. The Kier molecular flexibility index (Phi) is 5.50. The van der Waals surface area contributed by atoms with Crippen molar-refractivity contribution in [3.8, 4) is 17.3 Å². The van der Waals surface area contributed by atoms with Gasteiger partial charge in [0, 0.05) is 42.0 Å². The van der Waals surface area contributed by atoms with Crippen LogP contribution in [0.1, 0.15) is 11.1 Å². The number of fused-ring (bicyclic) bond motifs is 1. The molecule has 0 fully saturated rings. The van der Waals surface area contributed by atoms with E-state index in [1.54, 1.807) is 36.7 Å². The van der Waals surface area contributed by atoms with Crippen LogP contribution in [0.25, 0.3) is 22.2 Å². The second-order valence-corrected chi connectivity index (χ2v) is 9.12. The van der Waals surface area contributed by atoms with E-state index in [0.29, 0.717) is 27.4 Å². The first kappa shape index (κ1) is 21.0. The maximum atomic E-state index is 13.1. The molecule has 0 spiro atoms. The summed E-state index contributed by atoms with van der Waals surface area (Å²) >= 11 is 6.12. The molecule has 2 aromatic carbocycles. The predicted molar refractivity (Wildman–Crippen MR) is 116 cm³/mol. The molecule has 0 bridgehead atoms. The van der Waals surface area contributed by atoms with E-state index in [-0.39, 0.29) is 11.4 Å². The van der Waals surface area contributed by atoms with Gasteiger partial charge in [0.05, 0.1) is 21.7 Å². The van der Waals surface area contributed by atoms with Crippen molar-refractivity contribution in [1.82, 2.24) is 14.3 Å². The first-order chi connectivity index (χ1) is 14.8. The van der Waals surface area contributed by atoms with E-state index in [1.165, 1.54) is 12.1 Å². The number of pyridine rings is 1. The van der Waals surface area contributed by atoms with Gasteiger partial charge in [-0.05, 0) is 54.1 Å². The monoisotopic (exact) mass is 454 g/mol. The van der Waals surface area contributed by atoms with Crippen LogP contribution in [0.4, 0.5) is 4.39 Å². The lowest BCUT2D eigenvalue weighted by Gasteiger charge is -2.09. The summed E-state index contributed by atoms with van der Waals surface area (Å²) in [5.74, 6) is -0.514. The molecule has 0 unspecified atom stereocenters. The number of hydrogen-bond donors (Lipinski definition) is 1. The zero-order chi connectivity index (χ0) is 22.2. The van der Waals surface area contributed by atoms with E-state index in [4.69, 9.17) is 11.6 Å². The maximum absolute atomic E-state index is 13.1. The molecule has 0 radical (unpaired) electrons. The number of benzene rings is 2. The number of aromatic nitrogens is 2. The average molecular weight is 455 g/mol. The van der Waals surface area contributed by atoms with E-state index in [9.17, 15) is 18.1 Å². The number of nitrogens with zero attached hydrogens (tertiary/aromatic N) is 3. The van der Waals surface area contributed by atoms with Crippen LogP contribution in [-0.4, -0.2) is 18.0 Å². The molecule has 156 valence electrons. The maximum Gasteiger partial charge on any atom is 0.240 e. The summed E-state index contributed by atoms with van der Waals surface area (Å²) in [6, 6.07) is 13.9. The zero-order valence-corrected chi connectivity index (χ0v) is 17.9. The smallest absolute Gasteiger partial charge is 0.240 e. The highest BCUT2D eigenvalue weighted by Gasteiger charge is 2.18. The fraction of sp³-hybridized carbons (Fsp3) is 0.0909. The molecule has 0 aliphatic rings. The van der Waals surface area contributed by atoms with Crippen molar-refractivity contribution in [2.75, 3.05) is 0 Å². The Morgan fingerprint density at radius 3 is 2.61 bits per heavy atom. The molecule has 31 heavy (non-hydrogen) atoms. The lowest BCUT2D eigenvalue weighted by molar-refractivity contribution is 0.580. The summed E-state index contributed by atoms with van der Waals surface area (Å²) in [6.07, 6.45) is 3.16. The number of aryl methyl sites for hydroxylation is 1. The molecule has 0 aliphatic carbocycles. The Morgan fingerprint density at radius 1 is 1.16 bits per heavy atom. The van der Waals surface area contributed by atoms with Gasteiger partial charge in [-0.25, -0.2) is 17.5 Å². The molecule has 9 heteroatoms. The first-order valence-corrected chi connectivity index (χ1v) is 11.0. The minimum Gasteiger partial charge on any atom is -0.342 e. The Balaban J connectivity index is 1.68. The van der Waals surface area contributed by atoms with Crippen LogP contribution in [0, 0.1) is 17.1 Å². The van der Waals surface area contributed by atoms with Gasteiger partial charge >= 0.3 is 0 Å². The highest BCUT2D eigenvalue weighted by molar-refractivity contribution is 7.89. The predicted octanol–water partition coefficient (Wildman–Crippen LogP) is 4.38. The summed E-state index contributed by atoms with van der Waals surface area (Å²) in [7, 11) is -1.98. The molecule has 6 nitrogen and oxygen atoms in total. The van der Waals surface area contributed by atoms with Crippen LogP contribution in [0.15, 0.2) is 65.8 Å². The summed E-state index contributed by atoms with van der Waals surface area (Å²) in [6.45, 7) is -0.0157. The van der Waals surface area contributed by atoms with E-state index >= 15 is 0 Å². The van der Waals surface area contributed by atoms with Crippen LogP contribution in [0.3, 0.4) is 0 Å². The van der Waals surface area contributed by atoms with Gasteiger partial charge in [-0.3, -0.25) is 4.98 Å². The van der Waals surface area contributed by atoms with Gasteiger partial charge in [-0.2, -0.15) is 5.26 Å². The minimum atomic E-state index is -3.82. The fourth-order valence-corrected chi connectivity index (χ4v) is 4.63. The lowest BCUT2D eigenvalue weighted by atomic mass is 10.1. The molecule has 2 heterocycles. The summed E-state index contributed by atoms with van der Waals surface area (Å²) in [5.41, 5.74) is 3.23. The summed E-state index contributed by atoms with van der Waals surface area (Å²) in [4.78, 5) is 4.18. The fourth-order valence-electron chi connectivity index (χ4n) is 3.45. The Labute approximate surface area is 183 Å². The lowest BCUT2D eigenvalue weighted by Crippen LogP contribution is -2.23. The van der Waals surface area contributed by atoms with Gasteiger partial charge in [0.15, 0.2) is 0 Å². The Morgan fingerprint density at radius 2 is 1.90 bits per heavy atom. The number of nitriles is 1. The number of halogens is 2. The molecule has 0 saturated carbocycles. The molecule has 4 aromatic rings. The topological polar surface area (TPSA) is 87.8 Å². The van der Waals surface area contributed by atoms with Crippen LogP contribution in [0.2, 0.25) is 5.02 Å². The highest BCUT2D eigenvalue weighted by Crippen LogP contribution is 2.33. The van der Waals surface area contributed by atoms with E-state index in [0.717, 1.165) is 23.0 Å². The zero-order valence-electron chi connectivity index (χ0n) is 16.3. The molecular weight excluding hydrogens is 439 g/mol. The third-order valence-corrected chi connectivity index (χ3v) is 6.59. The standard InChI is InChI=1S/C22H16ClFN4O2S/c1-28-21-9-16(23)2-7-19(21)20(10-25)22(28)15-8-14(11-26-13-15)12-27-31(29,30)18-5-3-17(24)4-6-18/h2-9,11,13,27H,12H2,1H3. The van der Waals surface area contributed by atoms with Crippen LogP contribution >= 0.6 is 11.6 Å². The molecule has 1 N–H and O–H groups in total. The summed E-state index contributed by atoms with van der Waals surface area (Å²) < 4.78 is 42.3. The average Bonchev–Trinajstić information content (AvgIpc) is 3.04.